The minimum Gasteiger partial charge on any atom is -0.485 e. The van der Waals surface area contributed by atoms with E-state index in [0.29, 0.717) is 17.4 Å². The van der Waals surface area contributed by atoms with E-state index in [1.54, 1.807) is 0 Å². The molecule has 0 spiro atoms. The third-order valence-corrected chi connectivity index (χ3v) is 5.23. The number of hydrogen-bond donors (Lipinski definition) is 0. The van der Waals surface area contributed by atoms with Crippen LogP contribution in [0.25, 0.3) is 16.9 Å². The van der Waals surface area contributed by atoms with Crippen LogP contribution >= 0.6 is 0 Å². The van der Waals surface area contributed by atoms with Crippen molar-refractivity contribution in [1.29, 1.82) is 0 Å². The molecule has 29 heavy (non-hydrogen) atoms. The van der Waals surface area contributed by atoms with Gasteiger partial charge >= 0.3 is 0 Å². The molecule has 0 bridgehead atoms. The van der Waals surface area contributed by atoms with Crippen molar-refractivity contribution in [1.82, 2.24) is 19.2 Å². The lowest BCUT2D eigenvalue weighted by Gasteiger charge is -2.11. The summed E-state index contributed by atoms with van der Waals surface area (Å²) in [5, 5.41) is 4.48. The van der Waals surface area contributed by atoms with E-state index in [0.717, 1.165) is 35.4 Å². The van der Waals surface area contributed by atoms with Gasteiger partial charge in [-0.2, -0.15) is 5.10 Å². The Morgan fingerprint density at radius 3 is 2.62 bits per heavy atom. The highest BCUT2D eigenvalue weighted by Gasteiger charge is 2.25. The fourth-order valence-electron chi connectivity index (χ4n) is 3.63. The van der Waals surface area contributed by atoms with E-state index < -0.39 is 11.6 Å². The van der Waals surface area contributed by atoms with Crippen LogP contribution in [-0.2, 0) is 6.61 Å². The Hall–Kier alpha value is -3.22. The topological polar surface area (TPSA) is 44.4 Å². The molecular weight excluding hydrogens is 374 g/mol. The minimum absolute atomic E-state index is 0.0960. The van der Waals surface area contributed by atoms with Gasteiger partial charge in [0.2, 0.25) is 0 Å². The second-order valence-electron chi connectivity index (χ2n) is 7.55. The van der Waals surface area contributed by atoms with Gasteiger partial charge in [0, 0.05) is 18.0 Å². The molecule has 7 heteroatoms. The molecule has 1 aliphatic carbocycles. The first-order chi connectivity index (χ1) is 14.0. The number of ether oxygens (including phenoxy) is 1. The smallest absolute Gasteiger partial charge is 0.180 e. The van der Waals surface area contributed by atoms with E-state index in [9.17, 15) is 8.78 Å². The van der Waals surface area contributed by atoms with E-state index >= 15 is 0 Å². The number of imidazole rings is 1. The minimum atomic E-state index is -0.624. The molecular formula is C22H20F2N4O. The first-order valence-electron chi connectivity index (χ1n) is 9.61. The van der Waals surface area contributed by atoms with Crippen molar-refractivity contribution in [2.24, 2.45) is 0 Å². The summed E-state index contributed by atoms with van der Waals surface area (Å²) in [5.74, 6) is -0.765. The van der Waals surface area contributed by atoms with Crippen molar-refractivity contribution in [2.75, 3.05) is 0 Å². The van der Waals surface area contributed by atoms with Gasteiger partial charge in [0.25, 0.3) is 0 Å². The Morgan fingerprint density at radius 2 is 1.90 bits per heavy atom. The number of rotatable bonds is 5. The number of fused-ring (bicyclic) bond motifs is 1. The van der Waals surface area contributed by atoms with Crippen molar-refractivity contribution >= 4 is 5.65 Å². The second kappa shape index (κ2) is 6.69. The SMILES string of the molecule is Cc1cc(OCc2c(F)cccc2F)c2nc(C)c(-c3cnn(C4CC4)c3)n2c1. The van der Waals surface area contributed by atoms with Crippen LogP contribution in [0.4, 0.5) is 8.78 Å². The second-order valence-corrected chi connectivity index (χ2v) is 7.55. The number of hydrogen-bond acceptors (Lipinski definition) is 3. The normalized spacial score (nSPS) is 13.9. The van der Waals surface area contributed by atoms with Gasteiger partial charge in [-0.15, -0.1) is 0 Å². The summed E-state index contributed by atoms with van der Waals surface area (Å²) < 4.78 is 37.7. The first-order valence-corrected chi connectivity index (χ1v) is 9.61. The fourth-order valence-corrected chi connectivity index (χ4v) is 3.63. The molecule has 5 nitrogen and oxygen atoms in total. The van der Waals surface area contributed by atoms with Crippen molar-refractivity contribution < 1.29 is 13.5 Å². The van der Waals surface area contributed by atoms with Crippen LogP contribution in [0, 0.1) is 25.5 Å². The third-order valence-electron chi connectivity index (χ3n) is 5.23. The van der Waals surface area contributed by atoms with Crippen molar-refractivity contribution in [3.63, 3.8) is 0 Å². The van der Waals surface area contributed by atoms with E-state index in [-0.39, 0.29) is 12.2 Å². The van der Waals surface area contributed by atoms with Crippen molar-refractivity contribution in [2.45, 2.75) is 39.3 Å². The zero-order chi connectivity index (χ0) is 20.1. The van der Waals surface area contributed by atoms with Crippen LogP contribution in [0.3, 0.4) is 0 Å². The predicted octanol–water partition coefficient (Wildman–Crippen LogP) is 5.01. The average molecular weight is 394 g/mol. The number of aryl methyl sites for hydroxylation is 2. The van der Waals surface area contributed by atoms with Crippen LogP contribution in [0.2, 0.25) is 0 Å². The molecule has 1 aromatic carbocycles. The van der Waals surface area contributed by atoms with Crippen molar-refractivity contribution in [3.8, 4) is 17.0 Å². The predicted molar refractivity (Wildman–Crippen MR) is 105 cm³/mol. The van der Waals surface area contributed by atoms with Crippen LogP contribution in [0.15, 0.2) is 42.9 Å². The average Bonchev–Trinajstić information content (AvgIpc) is 3.32. The Balaban J connectivity index is 1.55. The van der Waals surface area contributed by atoms with Gasteiger partial charge in [0.15, 0.2) is 11.4 Å². The zero-order valence-electron chi connectivity index (χ0n) is 16.2. The fraction of sp³-hybridized carbons (Fsp3) is 0.273. The number of benzene rings is 1. The monoisotopic (exact) mass is 394 g/mol. The molecule has 0 saturated heterocycles. The van der Waals surface area contributed by atoms with Gasteiger partial charge in [0.05, 0.1) is 29.2 Å². The molecule has 0 N–H and O–H groups in total. The molecule has 5 rings (SSSR count). The Bertz CT molecular complexity index is 1200. The molecule has 1 aliphatic rings. The lowest BCUT2D eigenvalue weighted by molar-refractivity contribution is 0.294. The summed E-state index contributed by atoms with van der Waals surface area (Å²) in [5.41, 5.74) is 4.24. The zero-order valence-corrected chi connectivity index (χ0v) is 16.2. The summed E-state index contributed by atoms with van der Waals surface area (Å²) in [6, 6.07) is 6.12. The van der Waals surface area contributed by atoms with Crippen LogP contribution in [0.1, 0.15) is 35.7 Å². The maximum Gasteiger partial charge on any atom is 0.180 e. The largest absolute Gasteiger partial charge is 0.485 e. The Labute approximate surface area is 166 Å². The van der Waals surface area contributed by atoms with E-state index in [2.05, 4.69) is 10.1 Å². The van der Waals surface area contributed by atoms with E-state index in [1.807, 2.05) is 47.6 Å². The van der Waals surface area contributed by atoms with Gasteiger partial charge < -0.3 is 4.74 Å². The Kier molecular flexibility index (Phi) is 4.12. The quantitative estimate of drug-likeness (QED) is 0.478. The summed E-state index contributed by atoms with van der Waals surface area (Å²) in [7, 11) is 0. The van der Waals surface area contributed by atoms with E-state index in [1.165, 1.54) is 18.2 Å². The molecule has 4 aromatic rings. The maximum absolute atomic E-state index is 14.0. The molecule has 0 radical (unpaired) electrons. The van der Waals surface area contributed by atoms with E-state index in [4.69, 9.17) is 4.74 Å². The van der Waals surface area contributed by atoms with Gasteiger partial charge in [-0.25, -0.2) is 13.8 Å². The lowest BCUT2D eigenvalue weighted by Crippen LogP contribution is -2.03. The molecule has 0 unspecified atom stereocenters. The summed E-state index contributed by atoms with van der Waals surface area (Å²) in [6.07, 6.45) is 8.21. The first kappa shape index (κ1) is 17.8. The van der Waals surface area contributed by atoms with Crippen molar-refractivity contribution in [3.05, 3.63) is 71.3 Å². The number of aromatic nitrogens is 4. The molecule has 0 atom stereocenters. The molecule has 0 aliphatic heterocycles. The highest BCUT2D eigenvalue weighted by molar-refractivity contribution is 5.69. The van der Waals surface area contributed by atoms with Gasteiger partial charge in [-0.3, -0.25) is 9.08 Å². The molecule has 148 valence electrons. The number of pyridine rings is 1. The van der Waals surface area contributed by atoms with Crippen LogP contribution < -0.4 is 4.74 Å². The standard InChI is InChI=1S/C22H20F2N4O/c1-13-8-20(29-12-17-18(23)4-3-5-19(17)24)22-26-14(2)21(27(22)10-13)15-9-25-28(11-15)16-6-7-16/h3-5,8-11,16H,6-7,12H2,1-2H3. The molecule has 3 aromatic heterocycles. The van der Waals surface area contributed by atoms with Crippen LogP contribution in [-0.4, -0.2) is 19.2 Å². The lowest BCUT2D eigenvalue weighted by atomic mass is 10.2. The molecule has 1 saturated carbocycles. The highest BCUT2D eigenvalue weighted by atomic mass is 19.1. The molecule has 1 fully saturated rings. The number of halogens is 2. The number of nitrogens with zero attached hydrogens (tertiary/aromatic N) is 4. The summed E-state index contributed by atoms with van der Waals surface area (Å²) >= 11 is 0. The van der Waals surface area contributed by atoms with Crippen LogP contribution in [0.5, 0.6) is 5.75 Å². The Morgan fingerprint density at radius 1 is 1.14 bits per heavy atom. The summed E-state index contributed by atoms with van der Waals surface area (Å²) in [4.78, 5) is 4.67. The van der Waals surface area contributed by atoms with Gasteiger partial charge in [-0.05, 0) is 50.5 Å². The molecule has 0 amide bonds. The van der Waals surface area contributed by atoms with Gasteiger partial charge in [0.1, 0.15) is 18.2 Å². The molecule has 3 heterocycles. The highest BCUT2D eigenvalue weighted by Crippen LogP contribution is 2.36. The maximum atomic E-state index is 14.0. The third kappa shape index (κ3) is 3.16. The summed E-state index contributed by atoms with van der Waals surface area (Å²) in [6.45, 7) is 3.67. The van der Waals surface area contributed by atoms with Gasteiger partial charge in [-0.1, -0.05) is 6.07 Å².